The SMILES string of the molecule is CCc1nnc(NCCCN2CCCC2)nc1CC. The number of nitrogens with one attached hydrogen (secondary N) is 1. The Morgan fingerprint density at radius 3 is 2.47 bits per heavy atom. The van der Waals surface area contributed by atoms with Crippen molar-refractivity contribution in [3.63, 3.8) is 0 Å². The maximum atomic E-state index is 4.53. The van der Waals surface area contributed by atoms with Crippen molar-refractivity contribution >= 4 is 5.95 Å². The molecule has 0 saturated carbocycles. The average Bonchev–Trinajstić information content (AvgIpc) is 2.96. The third kappa shape index (κ3) is 4.13. The third-order valence-corrected chi connectivity index (χ3v) is 3.64. The molecular weight excluding hydrogens is 238 g/mol. The highest BCUT2D eigenvalue weighted by atomic mass is 15.2. The maximum Gasteiger partial charge on any atom is 0.242 e. The normalized spacial score (nSPS) is 15.9. The Bertz CT molecular complexity index is 387. The quantitative estimate of drug-likeness (QED) is 0.761. The lowest BCUT2D eigenvalue weighted by molar-refractivity contribution is 0.337. The molecule has 0 radical (unpaired) electrons. The molecule has 1 fully saturated rings. The Kier molecular flexibility index (Phi) is 5.51. The van der Waals surface area contributed by atoms with Gasteiger partial charge in [-0.05, 0) is 51.7 Å². The number of aryl methyl sites for hydroxylation is 2. The van der Waals surface area contributed by atoms with Gasteiger partial charge in [-0.15, -0.1) is 5.10 Å². The van der Waals surface area contributed by atoms with Gasteiger partial charge in [0.15, 0.2) is 0 Å². The van der Waals surface area contributed by atoms with Crippen LogP contribution in [0.5, 0.6) is 0 Å². The molecule has 106 valence electrons. The topological polar surface area (TPSA) is 53.9 Å². The second-order valence-electron chi connectivity index (χ2n) is 5.06. The predicted molar refractivity (Wildman–Crippen MR) is 77.4 cm³/mol. The first-order valence-electron chi connectivity index (χ1n) is 7.52. The second-order valence-corrected chi connectivity index (χ2v) is 5.06. The van der Waals surface area contributed by atoms with E-state index in [1.165, 1.54) is 32.5 Å². The Hall–Kier alpha value is -1.23. The average molecular weight is 263 g/mol. The molecule has 2 heterocycles. The van der Waals surface area contributed by atoms with Crippen molar-refractivity contribution in [3.05, 3.63) is 11.4 Å². The van der Waals surface area contributed by atoms with Crippen LogP contribution in [-0.2, 0) is 12.8 Å². The molecular formula is C14H25N5. The van der Waals surface area contributed by atoms with E-state index in [1.54, 1.807) is 0 Å². The number of rotatable bonds is 7. The van der Waals surface area contributed by atoms with E-state index in [2.05, 4.69) is 39.2 Å². The lowest BCUT2D eigenvalue weighted by Crippen LogP contribution is -2.22. The molecule has 5 heteroatoms. The van der Waals surface area contributed by atoms with E-state index in [-0.39, 0.29) is 0 Å². The van der Waals surface area contributed by atoms with E-state index < -0.39 is 0 Å². The van der Waals surface area contributed by atoms with Crippen molar-refractivity contribution in [1.82, 2.24) is 20.1 Å². The largest absolute Gasteiger partial charge is 0.353 e. The van der Waals surface area contributed by atoms with Gasteiger partial charge in [0.05, 0.1) is 11.4 Å². The first-order chi connectivity index (χ1) is 9.33. The van der Waals surface area contributed by atoms with Gasteiger partial charge in [0.25, 0.3) is 0 Å². The summed E-state index contributed by atoms with van der Waals surface area (Å²) in [7, 11) is 0. The van der Waals surface area contributed by atoms with E-state index >= 15 is 0 Å². The van der Waals surface area contributed by atoms with Crippen LogP contribution in [0.2, 0.25) is 0 Å². The van der Waals surface area contributed by atoms with Crippen LogP contribution >= 0.6 is 0 Å². The summed E-state index contributed by atoms with van der Waals surface area (Å²) in [5.74, 6) is 0.676. The number of anilines is 1. The standard InChI is InChI=1S/C14H25N5/c1-3-12-13(4-2)17-18-14(16-12)15-8-7-11-19-9-5-6-10-19/h3-11H2,1-2H3,(H,15,16,18). The van der Waals surface area contributed by atoms with Gasteiger partial charge >= 0.3 is 0 Å². The molecule has 0 bridgehead atoms. The van der Waals surface area contributed by atoms with Gasteiger partial charge in [-0.25, -0.2) is 4.98 Å². The van der Waals surface area contributed by atoms with Gasteiger partial charge in [-0.3, -0.25) is 0 Å². The minimum absolute atomic E-state index is 0.676. The van der Waals surface area contributed by atoms with Crippen molar-refractivity contribution in [2.45, 2.75) is 46.0 Å². The van der Waals surface area contributed by atoms with Gasteiger partial charge in [-0.2, -0.15) is 5.10 Å². The fraction of sp³-hybridized carbons (Fsp3) is 0.786. The number of aromatic nitrogens is 3. The summed E-state index contributed by atoms with van der Waals surface area (Å²) >= 11 is 0. The zero-order valence-corrected chi connectivity index (χ0v) is 12.2. The summed E-state index contributed by atoms with van der Waals surface area (Å²) in [6, 6.07) is 0. The van der Waals surface area contributed by atoms with E-state index in [4.69, 9.17) is 0 Å². The minimum Gasteiger partial charge on any atom is -0.353 e. The van der Waals surface area contributed by atoms with Gasteiger partial charge in [-0.1, -0.05) is 13.8 Å². The Morgan fingerprint density at radius 2 is 1.79 bits per heavy atom. The predicted octanol–water partition coefficient (Wildman–Crippen LogP) is 1.89. The monoisotopic (exact) mass is 263 g/mol. The molecule has 1 aromatic heterocycles. The molecule has 0 unspecified atom stereocenters. The van der Waals surface area contributed by atoms with Crippen molar-refractivity contribution in [2.24, 2.45) is 0 Å². The minimum atomic E-state index is 0.676. The van der Waals surface area contributed by atoms with Crippen molar-refractivity contribution in [1.29, 1.82) is 0 Å². The van der Waals surface area contributed by atoms with Crippen molar-refractivity contribution in [3.8, 4) is 0 Å². The van der Waals surface area contributed by atoms with Crippen LogP contribution in [-0.4, -0.2) is 46.3 Å². The Morgan fingerprint density at radius 1 is 1.05 bits per heavy atom. The lowest BCUT2D eigenvalue weighted by atomic mass is 10.2. The maximum absolute atomic E-state index is 4.53. The molecule has 19 heavy (non-hydrogen) atoms. The van der Waals surface area contributed by atoms with Gasteiger partial charge < -0.3 is 10.2 Å². The number of likely N-dealkylation sites (tertiary alicyclic amines) is 1. The molecule has 5 nitrogen and oxygen atoms in total. The third-order valence-electron chi connectivity index (χ3n) is 3.64. The van der Waals surface area contributed by atoms with E-state index in [1.807, 2.05) is 0 Å². The number of nitrogens with zero attached hydrogens (tertiary/aromatic N) is 4. The summed E-state index contributed by atoms with van der Waals surface area (Å²) in [6.07, 6.45) is 5.68. The van der Waals surface area contributed by atoms with Crippen LogP contribution in [0.4, 0.5) is 5.95 Å². The highest BCUT2D eigenvalue weighted by molar-refractivity contribution is 5.25. The van der Waals surface area contributed by atoms with Gasteiger partial charge in [0, 0.05) is 6.54 Å². The molecule has 1 aliphatic heterocycles. The number of hydrogen-bond acceptors (Lipinski definition) is 5. The van der Waals surface area contributed by atoms with Crippen LogP contribution in [0, 0.1) is 0 Å². The molecule has 0 atom stereocenters. The van der Waals surface area contributed by atoms with Gasteiger partial charge in [0.2, 0.25) is 5.95 Å². The first-order valence-corrected chi connectivity index (χ1v) is 7.52. The summed E-state index contributed by atoms with van der Waals surface area (Å²) in [5, 5.41) is 11.7. The molecule has 1 aliphatic rings. The summed E-state index contributed by atoms with van der Waals surface area (Å²) in [6.45, 7) is 8.84. The highest BCUT2D eigenvalue weighted by Gasteiger charge is 2.10. The summed E-state index contributed by atoms with van der Waals surface area (Å²) in [4.78, 5) is 7.06. The summed E-state index contributed by atoms with van der Waals surface area (Å²) < 4.78 is 0. The van der Waals surface area contributed by atoms with Crippen LogP contribution in [0.25, 0.3) is 0 Å². The van der Waals surface area contributed by atoms with Crippen molar-refractivity contribution < 1.29 is 0 Å². The lowest BCUT2D eigenvalue weighted by Gasteiger charge is -2.14. The zero-order valence-electron chi connectivity index (χ0n) is 12.2. The molecule has 1 aromatic rings. The first kappa shape index (κ1) is 14.2. The van der Waals surface area contributed by atoms with Crippen molar-refractivity contribution in [2.75, 3.05) is 31.5 Å². The molecule has 0 aliphatic carbocycles. The molecule has 2 rings (SSSR count). The Labute approximate surface area is 115 Å². The van der Waals surface area contributed by atoms with E-state index in [0.29, 0.717) is 5.95 Å². The molecule has 1 saturated heterocycles. The Balaban J connectivity index is 1.75. The molecule has 0 spiro atoms. The van der Waals surface area contributed by atoms with Crippen LogP contribution in [0.15, 0.2) is 0 Å². The second kappa shape index (κ2) is 7.38. The number of hydrogen-bond donors (Lipinski definition) is 1. The smallest absolute Gasteiger partial charge is 0.242 e. The van der Waals surface area contributed by atoms with Crippen LogP contribution in [0.1, 0.15) is 44.5 Å². The molecule has 0 amide bonds. The highest BCUT2D eigenvalue weighted by Crippen LogP contribution is 2.08. The van der Waals surface area contributed by atoms with E-state index in [9.17, 15) is 0 Å². The fourth-order valence-electron chi connectivity index (χ4n) is 2.52. The summed E-state index contributed by atoms with van der Waals surface area (Å²) in [5.41, 5.74) is 2.09. The zero-order chi connectivity index (χ0) is 13.5. The van der Waals surface area contributed by atoms with Crippen LogP contribution < -0.4 is 5.32 Å². The van der Waals surface area contributed by atoms with E-state index in [0.717, 1.165) is 37.2 Å². The molecule has 1 N–H and O–H groups in total. The fourth-order valence-corrected chi connectivity index (χ4v) is 2.52. The van der Waals surface area contributed by atoms with Crippen LogP contribution in [0.3, 0.4) is 0 Å². The van der Waals surface area contributed by atoms with Gasteiger partial charge in [0.1, 0.15) is 0 Å². The molecule has 0 aromatic carbocycles.